The van der Waals surface area contributed by atoms with Gasteiger partial charge in [0.2, 0.25) is 0 Å². The molecule has 0 aliphatic heterocycles. The van der Waals surface area contributed by atoms with Gasteiger partial charge in [0.05, 0.1) is 0 Å². The molecule has 4 aromatic rings. The molecule has 0 radical (unpaired) electrons. The SMILES string of the molecule is CCP([c-]1cccc1)(C1CCCCC1)(C1CCCCC1)P(c1ccccc1)c1ccccc1.[Fe+2].c1cc[cH-]c1. The number of hydrogen-bond acceptors (Lipinski definition) is 0. The van der Waals surface area contributed by atoms with Crippen molar-refractivity contribution in [1.82, 2.24) is 0 Å². The topological polar surface area (TPSA) is 0 Å². The van der Waals surface area contributed by atoms with Crippen LogP contribution in [0.1, 0.15) is 71.1 Å². The first-order chi connectivity index (χ1) is 18.8. The molecule has 4 aromatic carbocycles. The van der Waals surface area contributed by atoms with Gasteiger partial charge in [-0.25, -0.2) is 12.1 Å². The fraction of sp³-hybridized carbons (Fsp3) is 0.389. The van der Waals surface area contributed by atoms with Crippen molar-refractivity contribution in [3.05, 3.63) is 115 Å². The zero-order chi connectivity index (χ0) is 26.1. The molecule has 0 atom stereocenters. The van der Waals surface area contributed by atoms with Gasteiger partial charge < -0.3 is 0 Å². The van der Waals surface area contributed by atoms with Crippen molar-refractivity contribution in [2.45, 2.75) is 82.4 Å². The maximum absolute atomic E-state index is 2.62. The Bertz CT molecular complexity index is 1100. The van der Waals surface area contributed by atoms with Gasteiger partial charge in [0, 0.05) is 0 Å². The van der Waals surface area contributed by atoms with Crippen molar-refractivity contribution < 1.29 is 17.1 Å². The Morgan fingerprint density at radius 2 is 1.08 bits per heavy atom. The van der Waals surface area contributed by atoms with Crippen LogP contribution in [0.5, 0.6) is 0 Å². The summed E-state index contributed by atoms with van der Waals surface area (Å²) < 4.78 is 0. The standard InChI is InChI=1S/C31H41P2.C5H5.Fe/c1-2-33(31-25-15-16-26-31,29-21-11-5-12-22-29,30-23-13-6-14-24-30)32(27-17-7-3-8-18-27)28-19-9-4-10-20-28;1-2-4-5-3-1;/h3-4,7-10,15-20,25-26,29-30H,2,5-6,11-14,21-24H2,1H3;1-5H;/q2*-1;+2. The van der Waals surface area contributed by atoms with Crippen LogP contribution in [0, 0.1) is 0 Å². The quantitative estimate of drug-likeness (QED) is 0.113. The molecule has 2 fully saturated rings. The minimum atomic E-state index is -2.42. The Balaban J connectivity index is 0.000000530. The normalized spacial score (nSPS) is 17.8. The zero-order valence-corrected chi connectivity index (χ0v) is 26.5. The smallest absolute Gasteiger partial charge is 0.214 e. The van der Waals surface area contributed by atoms with E-state index < -0.39 is 13.9 Å². The molecule has 0 saturated heterocycles. The van der Waals surface area contributed by atoms with Crippen molar-refractivity contribution in [3.8, 4) is 0 Å². The molecule has 2 aliphatic carbocycles. The van der Waals surface area contributed by atoms with Crippen LogP contribution in [0.4, 0.5) is 0 Å². The molecule has 0 aromatic heterocycles. The number of rotatable bonds is 7. The number of hydrogen-bond donors (Lipinski definition) is 0. The Labute approximate surface area is 249 Å². The molecule has 6 rings (SSSR count). The summed E-state index contributed by atoms with van der Waals surface area (Å²) in [5.74, 6) is 0. The van der Waals surface area contributed by atoms with Gasteiger partial charge in [0.1, 0.15) is 0 Å². The van der Waals surface area contributed by atoms with Crippen molar-refractivity contribution in [2.24, 2.45) is 0 Å². The Morgan fingerprint density at radius 1 is 0.641 bits per heavy atom. The molecule has 0 nitrogen and oxygen atoms in total. The molecule has 2 aliphatic rings. The van der Waals surface area contributed by atoms with E-state index in [0.29, 0.717) is 0 Å². The Hall–Kier alpha value is -1.48. The molecule has 0 heterocycles. The monoisotopic (exact) mass is 596 g/mol. The second kappa shape index (κ2) is 14.4. The fourth-order valence-corrected chi connectivity index (χ4v) is 27.7. The summed E-state index contributed by atoms with van der Waals surface area (Å²) in [6.45, 7) is 2.62. The van der Waals surface area contributed by atoms with E-state index in [2.05, 4.69) is 91.9 Å². The van der Waals surface area contributed by atoms with Gasteiger partial charge >= 0.3 is 220 Å². The van der Waals surface area contributed by atoms with Gasteiger partial charge in [-0.2, -0.15) is 18.2 Å². The van der Waals surface area contributed by atoms with Crippen LogP contribution in [-0.4, -0.2) is 17.5 Å². The predicted octanol–water partition coefficient (Wildman–Crippen LogP) is 9.72. The third-order valence-corrected chi connectivity index (χ3v) is 27.1. The molecule has 2 saturated carbocycles. The summed E-state index contributed by atoms with van der Waals surface area (Å²) in [4.78, 5) is 0. The van der Waals surface area contributed by atoms with Gasteiger partial charge in [-0.1, -0.05) is 0 Å². The van der Waals surface area contributed by atoms with E-state index in [-0.39, 0.29) is 17.1 Å². The molecule has 0 amide bonds. The maximum atomic E-state index is 2.62. The first-order valence-corrected chi connectivity index (χ1v) is 19.7. The van der Waals surface area contributed by atoms with Gasteiger partial charge in [0.15, 0.2) is 0 Å². The van der Waals surface area contributed by atoms with E-state index in [0.717, 1.165) is 11.3 Å². The largest absolute Gasteiger partial charge is 2.00 e. The second-order valence-corrected chi connectivity index (χ2v) is 22.5. The van der Waals surface area contributed by atoms with Gasteiger partial charge in [-0.05, 0) is 0 Å². The summed E-state index contributed by atoms with van der Waals surface area (Å²) in [5.41, 5.74) is 1.76. The molecule has 208 valence electrons. The molecule has 0 unspecified atom stereocenters. The van der Waals surface area contributed by atoms with E-state index in [4.69, 9.17) is 0 Å². The average Bonchev–Trinajstić information content (AvgIpc) is 3.77. The predicted molar refractivity (Wildman–Crippen MR) is 174 cm³/mol. The van der Waals surface area contributed by atoms with Gasteiger partial charge in [-0.15, -0.1) is 0 Å². The van der Waals surface area contributed by atoms with Crippen molar-refractivity contribution in [3.63, 3.8) is 0 Å². The van der Waals surface area contributed by atoms with Crippen molar-refractivity contribution >= 4 is 29.8 Å². The van der Waals surface area contributed by atoms with Crippen LogP contribution < -0.4 is 15.9 Å². The van der Waals surface area contributed by atoms with E-state index in [1.54, 1.807) is 15.9 Å². The molecule has 0 bridgehead atoms. The fourth-order valence-electron chi connectivity index (χ4n) is 8.18. The molecule has 39 heavy (non-hydrogen) atoms. The van der Waals surface area contributed by atoms with Gasteiger partial charge in [-0.3, -0.25) is 0 Å². The molecule has 3 heteroatoms. The minimum absolute atomic E-state index is 0. The van der Waals surface area contributed by atoms with Crippen LogP contribution in [-0.2, 0) is 17.1 Å². The van der Waals surface area contributed by atoms with Crippen LogP contribution in [0.2, 0.25) is 0 Å². The third kappa shape index (κ3) is 5.81. The first kappa shape index (κ1) is 30.5. The van der Waals surface area contributed by atoms with E-state index in [9.17, 15) is 0 Å². The Morgan fingerprint density at radius 3 is 1.44 bits per heavy atom. The zero-order valence-electron chi connectivity index (χ0n) is 23.7. The third-order valence-electron chi connectivity index (χ3n) is 9.71. The van der Waals surface area contributed by atoms with Crippen LogP contribution >= 0.6 is 13.9 Å². The summed E-state index contributed by atoms with van der Waals surface area (Å²) in [7, 11) is -0.449. The average molecular weight is 597 g/mol. The second-order valence-electron chi connectivity index (χ2n) is 11.4. The molecule has 0 N–H and O–H groups in total. The van der Waals surface area contributed by atoms with Gasteiger partial charge in [0.25, 0.3) is 0 Å². The summed E-state index contributed by atoms with van der Waals surface area (Å²) in [5, 5.41) is 5.06. The summed E-state index contributed by atoms with van der Waals surface area (Å²) in [6.07, 6.45) is 13.4. The van der Waals surface area contributed by atoms with Crippen molar-refractivity contribution in [1.29, 1.82) is 0 Å². The van der Waals surface area contributed by atoms with E-state index in [1.165, 1.54) is 70.4 Å². The first-order valence-electron chi connectivity index (χ1n) is 15.1. The number of benzene rings is 2. The minimum Gasteiger partial charge on any atom is -0.214 e. The summed E-state index contributed by atoms with van der Waals surface area (Å²) >= 11 is 0. The van der Waals surface area contributed by atoms with E-state index >= 15 is 0 Å². The van der Waals surface area contributed by atoms with Crippen LogP contribution in [0.25, 0.3) is 0 Å². The molecular weight excluding hydrogens is 550 g/mol. The van der Waals surface area contributed by atoms with Crippen molar-refractivity contribution in [2.75, 3.05) is 6.16 Å². The summed E-state index contributed by atoms with van der Waals surface area (Å²) in [6, 6.07) is 43.5. The van der Waals surface area contributed by atoms with Crippen LogP contribution in [0.3, 0.4) is 0 Å². The molecule has 0 spiro atoms. The maximum Gasteiger partial charge on any atom is 2.00 e. The Kier molecular flexibility index (Phi) is 11.3. The molecular formula is C36H46FeP2. The van der Waals surface area contributed by atoms with E-state index in [1.807, 2.05) is 30.3 Å². The van der Waals surface area contributed by atoms with Crippen LogP contribution in [0.15, 0.2) is 115 Å².